The van der Waals surface area contributed by atoms with Crippen LogP contribution in [0, 0.1) is 0 Å². The minimum atomic E-state index is 0.360. The van der Waals surface area contributed by atoms with Crippen molar-refractivity contribution >= 4 is 0 Å². The minimum Gasteiger partial charge on any atom is -0.0877 e. The molecule has 0 nitrogen and oxygen atoms in total. The summed E-state index contributed by atoms with van der Waals surface area (Å²) in [6.07, 6.45) is 9.62. The molecule has 0 heteroatoms. The second-order valence-corrected chi connectivity index (χ2v) is 2.06. The molecule has 0 N–H and O–H groups in total. The Labute approximate surface area is 59.0 Å². The highest BCUT2D eigenvalue weighted by Crippen LogP contribution is 1.88. The van der Waals surface area contributed by atoms with E-state index in [1.165, 1.54) is 5.57 Å². The first-order chi connectivity index (χ1) is 4.77. The quantitative estimate of drug-likeness (QED) is 0.495. The van der Waals surface area contributed by atoms with Crippen LogP contribution in [0.5, 0.6) is 0 Å². The Morgan fingerprint density at radius 1 is 1.22 bits per heavy atom. The van der Waals surface area contributed by atoms with E-state index < -0.39 is 0 Å². The van der Waals surface area contributed by atoms with E-state index in [4.69, 9.17) is 1.37 Å². The van der Waals surface area contributed by atoms with Gasteiger partial charge in [0.2, 0.25) is 0 Å². The predicted octanol–water partition coefficient (Wildman–Crippen LogP) is 3.08. The van der Waals surface area contributed by atoms with Crippen molar-refractivity contribution in [1.29, 1.82) is 0 Å². The Bertz CT molecular complexity index is 148. The maximum Gasteiger partial charge on any atom is 0.0273 e. The molecular formula is C9H14. The fourth-order valence-corrected chi connectivity index (χ4v) is 0.391. The van der Waals surface area contributed by atoms with Gasteiger partial charge in [-0.25, -0.2) is 0 Å². The van der Waals surface area contributed by atoms with Gasteiger partial charge < -0.3 is 0 Å². The fourth-order valence-electron chi connectivity index (χ4n) is 0.391. The Morgan fingerprint density at radius 2 is 2.00 bits per heavy atom. The minimum absolute atomic E-state index is 0.360. The molecule has 0 aromatic carbocycles. The third kappa shape index (κ3) is 7.22. The van der Waals surface area contributed by atoms with Gasteiger partial charge in [-0.3, -0.25) is 0 Å². The molecule has 9 heavy (non-hydrogen) atoms. The number of allylic oxidation sites excluding steroid dienone is 6. The molecule has 0 aliphatic rings. The average Bonchev–Trinajstić information content (AvgIpc) is 1.87. The van der Waals surface area contributed by atoms with E-state index >= 15 is 0 Å². The van der Waals surface area contributed by atoms with Crippen LogP contribution in [-0.2, 0) is 0 Å². The summed E-state index contributed by atoms with van der Waals surface area (Å²) in [5, 5.41) is 0. The van der Waals surface area contributed by atoms with Gasteiger partial charge in [-0.2, -0.15) is 0 Å². The van der Waals surface area contributed by atoms with Crippen molar-refractivity contribution in [3.8, 4) is 0 Å². The van der Waals surface area contributed by atoms with Crippen LogP contribution in [0.2, 0.25) is 0 Å². The fraction of sp³-hybridized carbons (Fsp3) is 0.333. The Hall–Kier alpha value is -0.780. The summed E-state index contributed by atoms with van der Waals surface area (Å²) in [5.41, 5.74) is 1.29. The van der Waals surface area contributed by atoms with Crippen LogP contribution in [-0.4, -0.2) is 0 Å². The summed E-state index contributed by atoms with van der Waals surface area (Å²) in [7, 11) is 0. The van der Waals surface area contributed by atoms with Gasteiger partial charge in [0.05, 0.1) is 0 Å². The van der Waals surface area contributed by atoms with Gasteiger partial charge in [0.15, 0.2) is 0 Å². The lowest BCUT2D eigenvalue weighted by Gasteiger charge is -1.79. The maximum absolute atomic E-state index is 6.79. The van der Waals surface area contributed by atoms with Gasteiger partial charge in [0, 0.05) is 1.37 Å². The summed E-state index contributed by atoms with van der Waals surface area (Å²) in [6.45, 7) is 4.47. The van der Waals surface area contributed by atoms with Crippen LogP contribution in [0.25, 0.3) is 0 Å². The average molecular weight is 123 g/mol. The molecule has 0 aromatic heterocycles. The van der Waals surface area contributed by atoms with Crippen LogP contribution < -0.4 is 0 Å². The molecule has 0 saturated carbocycles. The first-order valence-electron chi connectivity index (χ1n) is 3.74. The number of rotatable bonds is 2. The largest absolute Gasteiger partial charge is 0.0877 e. The van der Waals surface area contributed by atoms with E-state index in [1.807, 2.05) is 24.3 Å². The molecule has 0 spiro atoms. The molecule has 0 bridgehead atoms. The molecule has 0 aliphatic carbocycles. The van der Waals surface area contributed by atoms with Gasteiger partial charge >= 0.3 is 0 Å². The Balaban J connectivity index is 3.57. The normalized spacial score (nSPS) is 12.4. The van der Waals surface area contributed by atoms with Crippen LogP contribution in [0.4, 0.5) is 0 Å². The zero-order valence-corrected chi connectivity index (χ0v) is 6.09. The van der Waals surface area contributed by atoms with Gasteiger partial charge in [-0.1, -0.05) is 36.0 Å². The number of hydrogen-bond donors (Lipinski definition) is 0. The van der Waals surface area contributed by atoms with Crippen LogP contribution in [0.3, 0.4) is 0 Å². The third-order valence-electron chi connectivity index (χ3n) is 0.788. The lowest BCUT2D eigenvalue weighted by Crippen LogP contribution is -1.57. The van der Waals surface area contributed by atoms with Crippen molar-refractivity contribution < 1.29 is 1.37 Å². The standard InChI is InChI=1S/C9H14/c1-4-5-6-7-8-9(2)3/h4-8H,1-3H3/b5-4-,7-6-/i1D. The maximum atomic E-state index is 6.79. The van der Waals surface area contributed by atoms with Crippen molar-refractivity contribution in [2.24, 2.45) is 0 Å². The van der Waals surface area contributed by atoms with E-state index in [2.05, 4.69) is 13.8 Å². The van der Waals surface area contributed by atoms with Crippen LogP contribution >= 0.6 is 0 Å². The highest BCUT2D eigenvalue weighted by Gasteiger charge is 1.66. The number of hydrogen-bond acceptors (Lipinski definition) is 0. The van der Waals surface area contributed by atoms with Crippen molar-refractivity contribution in [1.82, 2.24) is 0 Å². The molecule has 0 saturated heterocycles. The van der Waals surface area contributed by atoms with E-state index in [9.17, 15) is 0 Å². The van der Waals surface area contributed by atoms with E-state index in [0.717, 1.165) is 0 Å². The predicted molar refractivity (Wildman–Crippen MR) is 43.4 cm³/mol. The molecule has 0 amide bonds. The summed E-state index contributed by atoms with van der Waals surface area (Å²) in [6, 6.07) is 0. The zero-order valence-electron chi connectivity index (χ0n) is 7.09. The molecule has 0 radical (unpaired) electrons. The summed E-state index contributed by atoms with van der Waals surface area (Å²) < 4.78 is 6.79. The van der Waals surface area contributed by atoms with Gasteiger partial charge in [0.1, 0.15) is 0 Å². The third-order valence-corrected chi connectivity index (χ3v) is 0.788. The molecule has 0 heterocycles. The monoisotopic (exact) mass is 123 g/mol. The second-order valence-electron chi connectivity index (χ2n) is 2.06. The molecule has 0 atom stereocenters. The van der Waals surface area contributed by atoms with Crippen LogP contribution in [0.15, 0.2) is 36.0 Å². The van der Waals surface area contributed by atoms with Crippen molar-refractivity contribution in [2.75, 3.05) is 0 Å². The summed E-state index contributed by atoms with van der Waals surface area (Å²) in [4.78, 5) is 0. The zero-order chi connectivity index (χ0) is 7.82. The lowest BCUT2D eigenvalue weighted by molar-refractivity contribution is 1.39. The van der Waals surface area contributed by atoms with Gasteiger partial charge in [0.25, 0.3) is 0 Å². The highest BCUT2D eigenvalue weighted by molar-refractivity contribution is 5.13. The first kappa shape index (κ1) is 6.34. The van der Waals surface area contributed by atoms with Crippen molar-refractivity contribution in [3.05, 3.63) is 36.0 Å². The first-order valence-corrected chi connectivity index (χ1v) is 3.03. The van der Waals surface area contributed by atoms with Crippen LogP contribution in [0.1, 0.15) is 22.1 Å². The van der Waals surface area contributed by atoms with Crippen molar-refractivity contribution in [2.45, 2.75) is 20.7 Å². The highest BCUT2D eigenvalue weighted by atomic mass is 13.7. The summed E-state index contributed by atoms with van der Waals surface area (Å²) in [5.74, 6) is 0. The van der Waals surface area contributed by atoms with E-state index in [0.29, 0.717) is 6.90 Å². The molecule has 0 aromatic rings. The second kappa shape index (κ2) is 5.36. The molecule has 0 aliphatic heterocycles. The lowest BCUT2D eigenvalue weighted by atomic mass is 10.3. The molecule has 0 fully saturated rings. The molecule has 50 valence electrons. The molecular weight excluding hydrogens is 108 g/mol. The van der Waals surface area contributed by atoms with Gasteiger partial charge in [-0.15, -0.1) is 0 Å². The van der Waals surface area contributed by atoms with E-state index in [-0.39, 0.29) is 0 Å². The Morgan fingerprint density at radius 3 is 2.56 bits per heavy atom. The van der Waals surface area contributed by atoms with Crippen molar-refractivity contribution in [3.63, 3.8) is 0 Å². The molecule has 0 unspecified atom stereocenters. The van der Waals surface area contributed by atoms with E-state index in [1.54, 1.807) is 6.08 Å². The smallest absolute Gasteiger partial charge is 0.0273 e. The van der Waals surface area contributed by atoms with Gasteiger partial charge in [-0.05, 0) is 20.7 Å². The Kier molecular flexibility index (Phi) is 3.78. The topological polar surface area (TPSA) is 0 Å². The molecule has 0 rings (SSSR count). The summed E-state index contributed by atoms with van der Waals surface area (Å²) >= 11 is 0. The SMILES string of the molecule is [2H]C/C=C\C=C/C=C(C)C.